The van der Waals surface area contributed by atoms with Crippen LogP contribution in [0.25, 0.3) is 0 Å². The lowest BCUT2D eigenvalue weighted by Crippen LogP contribution is -2.41. The van der Waals surface area contributed by atoms with Crippen molar-refractivity contribution < 1.29 is 13.2 Å². The van der Waals surface area contributed by atoms with E-state index < -0.39 is 10.0 Å². The molecule has 1 atom stereocenters. The summed E-state index contributed by atoms with van der Waals surface area (Å²) in [5.41, 5.74) is 0. The molecular formula is C9H19NO3S. The van der Waals surface area contributed by atoms with E-state index in [2.05, 4.69) is 4.72 Å². The Morgan fingerprint density at radius 3 is 2.50 bits per heavy atom. The molecule has 1 aliphatic rings. The maximum atomic E-state index is 11.8. The minimum Gasteiger partial charge on any atom is -0.381 e. The van der Waals surface area contributed by atoms with Crippen LogP contribution in [0.1, 0.15) is 33.1 Å². The van der Waals surface area contributed by atoms with Crippen LogP contribution in [0.2, 0.25) is 0 Å². The third kappa shape index (κ3) is 3.22. The van der Waals surface area contributed by atoms with Crippen LogP contribution in [0.4, 0.5) is 0 Å². The first-order valence-electron chi connectivity index (χ1n) is 5.15. The topological polar surface area (TPSA) is 55.4 Å². The van der Waals surface area contributed by atoms with Gasteiger partial charge in [0.2, 0.25) is 10.0 Å². The molecule has 5 heteroatoms. The number of ether oxygens (including phenoxy) is 1. The molecule has 0 saturated carbocycles. The molecule has 0 bridgehead atoms. The summed E-state index contributed by atoms with van der Waals surface area (Å²) < 4.78 is 31.4. The maximum Gasteiger partial charge on any atom is 0.214 e. The molecule has 4 nitrogen and oxygen atoms in total. The minimum absolute atomic E-state index is 0.0304. The SMILES string of the molecule is CCC(C)NS(=O)(=O)C1CCOCC1. The van der Waals surface area contributed by atoms with Crippen LogP contribution in [0.5, 0.6) is 0 Å². The van der Waals surface area contributed by atoms with E-state index in [9.17, 15) is 8.42 Å². The van der Waals surface area contributed by atoms with Crippen LogP contribution < -0.4 is 4.72 Å². The molecule has 0 aromatic rings. The molecule has 1 rings (SSSR count). The van der Waals surface area contributed by atoms with Gasteiger partial charge in [0.25, 0.3) is 0 Å². The second-order valence-corrected chi connectivity index (χ2v) is 5.78. The van der Waals surface area contributed by atoms with Gasteiger partial charge >= 0.3 is 0 Å². The molecule has 1 N–H and O–H groups in total. The van der Waals surface area contributed by atoms with Crippen LogP contribution in [0, 0.1) is 0 Å². The number of hydrogen-bond donors (Lipinski definition) is 1. The second kappa shape index (κ2) is 5.09. The van der Waals surface area contributed by atoms with E-state index in [1.807, 2.05) is 13.8 Å². The Bertz CT molecular complexity index is 257. The van der Waals surface area contributed by atoms with E-state index in [0.717, 1.165) is 6.42 Å². The van der Waals surface area contributed by atoms with Crippen molar-refractivity contribution >= 4 is 10.0 Å². The molecule has 0 spiro atoms. The fourth-order valence-corrected chi connectivity index (χ4v) is 3.18. The summed E-state index contributed by atoms with van der Waals surface area (Å²) in [7, 11) is -3.12. The van der Waals surface area contributed by atoms with Gasteiger partial charge in [-0.15, -0.1) is 0 Å². The third-order valence-corrected chi connectivity index (χ3v) is 4.66. The first-order chi connectivity index (χ1) is 6.56. The second-order valence-electron chi connectivity index (χ2n) is 3.78. The molecule has 0 aromatic heterocycles. The Labute approximate surface area is 86.1 Å². The van der Waals surface area contributed by atoms with E-state index >= 15 is 0 Å². The normalized spacial score (nSPS) is 22.1. The van der Waals surface area contributed by atoms with Crippen molar-refractivity contribution in [3.8, 4) is 0 Å². The monoisotopic (exact) mass is 221 g/mol. The van der Waals surface area contributed by atoms with Crippen LogP contribution in [0.15, 0.2) is 0 Å². The average Bonchev–Trinajstić information content (AvgIpc) is 2.18. The highest BCUT2D eigenvalue weighted by molar-refractivity contribution is 7.90. The van der Waals surface area contributed by atoms with Crippen LogP contribution in [0.3, 0.4) is 0 Å². The van der Waals surface area contributed by atoms with Gasteiger partial charge in [-0.2, -0.15) is 0 Å². The number of hydrogen-bond acceptors (Lipinski definition) is 3. The molecule has 1 unspecified atom stereocenters. The van der Waals surface area contributed by atoms with Gasteiger partial charge < -0.3 is 4.74 Å². The zero-order valence-electron chi connectivity index (χ0n) is 8.82. The van der Waals surface area contributed by atoms with E-state index in [1.54, 1.807) is 0 Å². The van der Waals surface area contributed by atoms with Gasteiger partial charge in [-0.1, -0.05) is 6.92 Å². The predicted molar refractivity (Wildman–Crippen MR) is 55.6 cm³/mol. The van der Waals surface area contributed by atoms with Gasteiger partial charge in [-0.3, -0.25) is 0 Å². The maximum absolute atomic E-state index is 11.8. The molecule has 1 heterocycles. The van der Waals surface area contributed by atoms with Gasteiger partial charge in [0.05, 0.1) is 5.25 Å². The summed E-state index contributed by atoms with van der Waals surface area (Å²) in [4.78, 5) is 0. The van der Waals surface area contributed by atoms with Crippen molar-refractivity contribution in [3.63, 3.8) is 0 Å². The number of sulfonamides is 1. The number of nitrogens with one attached hydrogen (secondary N) is 1. The molecule has 0 aromatic carbocycles. The zero-order valence-corrected chi connectivity index (χ0v) is 9.64. The fourth-order valence-electron chi connectivity index (χ4n) is 1.45. The highest BCUT2D eigenvalue weighted by atomic mass is 32.2. The first-order valence-corrected chi connectivity index (χ1v) is 6.69. The third-order valence-electron chi connectivity index (χ3n) is 2.58. The highest BCUT2D eigenvalue weighted by Crippen LogP contribution is 2.15. The first kappa shape index (κ1) is 11.9. The quantitative estimate of drug-likeness (QED) is 0.767. The summed E-state index contributed by atoms with van der Waals surface area (Å²) in [5, 5.41) is -0.259. The average molecular weight is 221 g/mol. The molecule has 1 saturated heterocycles. The van der Waals surface area contributed by atoms with Crippen LogP contribution in [-0.4, -0.2) is 32.9 Å². The standard InChI is InChI=1S/C9H19NO3S/c1-3-8(2)10-14(11,12)9-4-6-13-7-5-9/h8-10H,3-7H2,1-2H3. The van der Waals surface area contributed by atoms with E-state index in [4.69, 9.17) is 4.74 Å². The van der Waals surface area contributed by atoms with Gasteiger partial charge in [0.1, 0.15) is 0 Å². The molecule has 1 aliphatic heterocycles. The van der Waals surface area contributed by atoms with Crippen molar-refractivity contribution in [2.45, 2.75) is 44.4 Å². The molecule has 1 fully saturated rings. The molecular weight excluding hydrogens is 202 g/mol. The Balaban J connectivity index is 2.54. The summed E-state index contributed by atoms with van der Waals surface area (Å²) in [6, 6.07) is 0.0304. The van der Waals surface area contributed by atoms with Gasteiger partial charge in [0, 0.05) is 19.3 Å². The van der Waals surface area contributed by atoms with Gasteiger partial charge in [0.15, 0.2) is 0 Å². The summed E-state index contributed by atoms with van der Waals surface area (Å²) >= 11 is 0. The minimum atomic E-state index is -3.12. The highest BCUT2D eigenvalue weighted by Gasteiger charge is 2.28. The molecule has 84 valence electrons. The van der Waals surface area contributed by atoms with Crippen LogP contribution in [-0.2, 0) is 14.8 Å². The van der Waals surface area contributed by atoms with E-state index in [-0.39, 0.29) is 11.3 Å². The van der Waals surface area contributed by atoms with Crippen molar-refractivity contribution in [3.05, 3.63) is 0 Å². The van der Waals surface area contributed by atoms with Crippen molar-refractivity contribution in [1.29, 1.82) is 0 Å². The Morgan fingerprint density at radius 1 is 1.43 bits per heavy atom. The molecule has 14 heavy (non-hydrogen) atoms. The van der Waals surface area contributed by atoms with E-state index in [0.29, 0.717) is 26.1 Å². The lowest BCUT2D eigenvalue weighted by Gasteiger charge is -2.24. The summed E-state index contributed by atoms with van der Waals surface area (Å²) in [6.45, 7) is 4.98. The lowest BCUT2D eigenvalue weighted by atomic mass is 10.2. The number of rotatable bonds is 4. The molecule has 0 radical (unpaired) electrons. The van der Waals surface area contributed by atoms with Gasteiger partial charge in [-0.05, 0) is 26.2 Å². The molecule has 0 amide bonds. The largest absolute Gasteiger partial charge is 0.381 e. The Morgan fingerprint density at radius 2 is 2.00 bits per heavy atom. The van der Waals surface area contributed by atoms with E-state index in [1.165, 1.54) is 0 Å². The van der Waals surface area contributed by atoms with Crippen LogP contribution >= 0.6 is 0 Å². The summed E-state index contributed by atoms with van der Waals surface area (Å²) in [5.74, 6) is 0. The lowest BCUT2D eigenvalue weighted by molar-refractivity contribution is 0.0981. The Hall–Kier alpha value is -0.130. The molecule has 0 aliphatic carbocycles. The summed E-state index contributed by atoms with van der Waals surface area (Å²) in [6.07, 6.45) is 2.06. The van der Waals surface area contributed by atoms with Crippen molar-refractivity contribution in [2.75, 3.05) is 13.2 Å². The zero-order chi connectivity index (χ0) is 10.6. The predicted octanol–water partition coefficient (Wildman–Crippen LogP) is 0.883. The fraction of sp³-hybridized carbons (Fsp3) is 1.00. The van der Waals surface area contributed by atoms with Crippen molar-refractivity contribution in [1.82, 2.24) is 4.72 Å². The smallest absolute Gasteiger partial charge is 0.214 e. The van der Waals surface area contributed by atoms with Crippen molar-refractivity contribution in [2.24, 2.45) is 0 Å². The Kier molecular flexibility index (Phi) is 4.34. The van der Waals surface area contributed by atoms with Gasteiger partial charge in [-0.25, -0.2) is 13.1 Å².